The Labute approximate surface area is 390 Å². The summed E-state index contributed by atoms with van der Waals surface area (Å²) in [5.74, 6) is 1.08. The number of nitrogens with zero attached hydrogens (tertiary/aromatic N) is 2. The molecule has 6 atom stereocenters. The normalized spacial score (nSPS) is 24.1. The van der Waals surface area contributed by atoms with Gasteiger partial charge < -0.3 is 34.2 Å². The third kappa shape index (κ3) is 9.40. The average Bonchev–Trinajstić information content (AvgIpc) is 3.87. The van der Waals surface area contributed by atoms with Crippen molar-refractivity contribution >= 4 is 33.2 Å². The van der Waals surface area contributed by atoms with Crippen LogP contribution < -0.4 is 9.47 Å². The number of fused-ring (bicyclic) bond motifs is 4. The highest BCUT2D eigenvalue weighted by Crippen LogP contribution is 2.62. The van der Waals surface area contributed by atoms with Crippen LogP contribution in [0.2, 0.25) is 0 Å². The van der Waals surface area contributed by atoms with E-state index in [2.05, 4.69) is 90.4 Å². The zero-order valence-corrected chi connectivity index (χ0v) is 38.5. The first-order valence-corrected chi connectivity index (χ1v) is 24.5. The van der Waals surface area contributed by atoms with E-state index in [0.29, 0.717) is 49.6 Å². The predicted octanol–water partition coefficient (Wildman–Crippen LogP) is 12.0. The molecule has 0 saturated heterocycles. The Morgan fingerprint density at radius 1 is 0.848 bits per heavy atom. The molecule has 1 heterocycles. The van der Waals surface area contributed by atoms with E-state index in [-0.39, 0.29) is 43.5 Å². The summed E-state index contributed by atoms with van der Waals surface area (Å²) in [7, 11) is 1.60. The zero-order valence-electron chi connectivity index (χ0n) is 38.5. The molecule has 9 heteroatoms. The van der Waals surface area contributed by atoms with Gasteiger partial charge in [-0.3, -0.25) is 4.79 Å². The number of carbonyl (C=O) groups is 1. The first kappa shape index (κ1) is 45.7. The van der Waals surface area contributed by atoms with Crippen LogP contribution in [0.15, 0.2) is 133 Å². The van der Waals surface area contributed by atoms with Gasteiger partial charge in [-0.25, -0.2) is 0 Å². The molecule has 0 radical (unpaired) electrons. The van der Waals surface area contributed by atoms with Gasteiger partial charge in [-0.15, -0.1) is 6.58 Å². The van der Waals surface area contributed by atoms with Crippen molar-refractivity contribution in [2.45, 2.75) is 108 Å². The van der Waals surface area contributed by atoms with Gasteiger partial charge in [-0.1, -0.05) is 129 Å². The molecule has 0 bridgehead atoms. The Morgan fingerprint density at radius 2 is 1.58 bits per heavy atom. The molecule has 0 aromatic heterocycles. The van der Waals surface area contributed by atoms with Crippen LogP contribution in [-0.2, 0) is 20.9 Å². The summed E-state index contributed by atoms with van der Waals surface area (Å²) < 4.78 is 21.6. The van der Waals surface area contributed by atoms with Crippen molar-refractivity contribution in [1.29, 1.82) is 0 Å². The molecule has 346 valence electrons. The number of allylic oxidation sites excluding steroid dienone is 1. The van der Waals surface area contributed by atoms with Gasteiger partial charge in [0.2, 0.25) is 11.7 Å². The van der Waals surface area contributed by atoms with Crippen LogP contribution in [0.1, 0.15) is 101 Å². The molecule has 1 amide bonds. The van der Waals surface area contributed by atoms with Crippen LogP contribution in [0, 0.1) is 23.7 Å². The molecule has 9 rings (SSSR count). The van der Waals surface area contributed by atoms with Crippen molar-refractivity contribution < 1.29 is 34.1 Å². The maximum atomic E-state index is 15.4. The summed E-state index contributed by atoms with van der Waals surface area (Å²) in [6, 6.07) is 34.7. The third-order valence-corrected chi connectivity index (χ3v) is 15.0. The fourth-order valence-corrected chi connectivity index (χ4v) is 11.9. The van der Waals surface area contributed by atoms with Crippen LogP contribution in [0.3, 0.4) is 0 Å². The van der Waals surface area contributed by atoms with Crippen LogP contribution in [-0.4, -0.2) is 65.5 Å². The van der Waals surface area contributed by atoms with Crippen molar-refractivity contribution in [3.63, 3.8) is 0 Å². The number of carbonyl (C=O) groups excluding carboxylic acids is 1. The van der Waals surface area contributed by atoms with E-state index >= 15 is 4.79 Å². The largest absolute Gasteiger partial charge is 0.459 e. The van der Waals surface area contributed by atoms with Gasteiger partial charge in [0, 0.05) is 44.1 Å². The molecule has 5 aromatic carbocycles. The van der Waals surface area contributed by atoms with E-state index in [1.807, 2.05) is 30.3 Å². The summed E-state index contributed by atoms with van der Waals surface area (Å²) in [6.45, 7) is 4.95. The lowest BCUT2D eigenvalue weighted by atomic mass is 9.55. The van der Waals surface area contributed by atoms with Gasteiger partial charge in [-0.2, -0.15) is 0 Å². The molecule has 4 aliphatic rings. The topological polar surface area (TPSA) is 110 Å². The van der Waals surface area contributed by atoms with E-state index in [9.17, 15) is 10.2 Å². The Balaban J connectivity index is 1.22. The fraction of sp³-hybridized carbons (Fsp3) is 0.439. The second kappa shape index (κ2) is 21.0. The van der Waals surface area contributed by atoms with Gasteiger partial charge in [-0.05, 0) is 113 Å². The van der Waals surface area contributed by atoms with Gasteiger partial charge in [0.15, 0.2) is 0 Å². The molecule has 2 N–H and O–H groups in total. The molecule has 1 aliphatic heterocycles. The van der Waals surface area contributed by atoms with Crippen LogP contribution in [0.5, 0.6) is 17.2 Å². The first-order chi connectivity index (χ1) is 32.4. The standard InChI is InChI=1S/C57H66N2O7/c1-3-33-64-57-53(59(54(62)30-25-39-15-4-5-16-39)38-44-22-14-21-41-18-8-9-23-47(41)44)37-51(58-63-2)49-35-43(20-10-12-31-60)48(24-11-13-32-61)55(56(49)57)50-36-46(28-29-52(50)66-57)65-45-27-26-40-17-6-7-19-42(40)34-45/h3,6-9,14,17-19,21-23,26-29,34-36,39,43,48,53,55-56,60-61H,1,4-5,10-13,15-16,20,24-25,30-33,37-38H2,2H3. The Hall–Kier alpha value is -5.48. The SMILES string of the molecule is C=CCOC12Oc3ccc(Oc4ccc5ccccc5c4)cc3C3C(CCCCO)C(CCCCO)C=C(C(=NOC)CC1N(Cc1cccc4ccccc14)C(=O)CCC1CCCC1)C32. The molecule has 2 fully saturated rings. The maximum absolute atomic E-state index is 15.4. The quantitative estimate of drug-likeness (QED) is 0.0455. The van der Waals surface area contributed by atoms with E-state index in [1.165, 1.54) is 25.7 Å². The Bertz CT molecular complexity index is 2540. The molecule has 66 heavy (non-hydrogen) atoms. The summed E-state index contributed by atoms with van der Waals surface area (Å²) in [6.07, 6.45) is 15.4. The van der Waals surface area contributed by atoms with Crippen LogP contribution in [0.25, 0.3) is 21.5 Å². The predicted molar refractivity (Wildman–Crippen MR) is 262 cm³/mol. The summed E-state index contributed by atoms with van der Waals surface area (Å²) in [5, 5.41) is 29.4. The highest BCUT2D eigenvalue weighted by Gasteiger charge is 2.65. The Morgan fingerprint density at radius 3 is 2.36 bits per heavy atom. The molecular weight excluding hydrogens is 825 g/mol. The number of hydrogen-bond donors (Lipinski definition) is 2. The minimum Gasteiger partial charge on any atom is -0.459 e. The van der Waals surface area contributed by atoms with Crippen molar-refractivity contribution in [3.05, 3.63) is 139 Å². The number of aliphatic hydroxyl groups excluding tert-OH is 2. The third-order valence-electron chi connectivity index (χ3n) is 15.0. The lowest BCUT2D eigenvalue weighted by Gasteiger charge is -2.60. The van der Waals surface area contributed by atoms with E-state index in [4.69, 9.17) is 24.2 Å². The summed E-state index contributed by atoms with van der Waals surface area (Å²) in [4.78, 5) is 23.2. The summed E-state index contributed by atoms with van der Waals surface area (Å²) >= 11 is 0. The zero-order chi connectivity index (χ0) is 45.5. The fourth-order valence-electron chi connectivity index (χ4n) is 11.9. The summed E-state index contributed by atoms with van der Waals surface area (Å²) in [5.41, 5.74) is 3.89. The van der Waals surface area contributed by atoms with Gasteiger partial charge in [0.05, 0.1) is 18.2 Å². The smallest absolute Gasteiger partial charge is 0.239 e. The number of hydrogen-bond acceptors (Lipinski definition) is 8. The molecule has 9 nitrogen and oxygen atoms in total. The lowest BCUT2D eigenvalue weighted by Crippen LogP contribution is -2.70. The lowest BCUT2D eigenvalue weighted by molar-refractivity contribution is -0.258. The minimum absolute atomic E-state index is 0.0767. The molecular formula is C57H66N2O7. The highest BCUT2D eigenvalue weighted by molar-refractivity contribution is 6.03. The number of aliphatic hydroxyl groups is 2. The number of amides is 1. The second-order valence-electron chi connectivity index (χ2n) is 18.9. The van der Waals surface area contributed by atoms with Gasteiger partial charge in [0.1, 0.15) is 30.4 Å². The van der Waals surface area contributed by atoms with Crippen molar-refractivity contribution in [2.75, 3.05) is 26.9 Å². The molecule has 3 aliphatic carbocycles. The second-order valence-corrected chi connectivity index (χ2v) is 18.9. The number of unbranched alkanes of at least 4 members (excludes halogenated alkanes) is 2. The minimum atomic E-state index is -1.34. The molecule has 5 aromatic rings. The van der Waals surface area contributed by atoms with Crippen molar-refractivity contribution in [3.8, 4) is 17.2 Å². The molecule has 2 saturated carbocycles. The maximum Gasteiger partial charge on any atom is 0.239 e. The number of benzene rings is 5. The van der Waals surface area contributed by atoms with Crippen LogP contribution >= 0.6 is 0 Å². The number of oxime groups is 1. The highest BCUT2D eigenvalue weighted by atomic mass is 16.7. The number of rotatable bonds is 20. The molecule has 6 unspecified atom stereocenters. The first-order valence-electron chi connectivity index (χ1n) is 24.5. The van der Waals surface area contributed by atoms with E-state index < -0.39 is 17.7 Å². The average molecular weight is 891 g/mol. The Kier molecular flexibility index (Phi) is 14.5. The monoisotopic (exact) mass is 890 g/mol. The van der Waals surface area contributed by atoms with E-state index in [0.717, 1.165) is 81.8 Å². The van der Waals surface area contributed by atoms with Crippen molar-refractivity contribution in [1.82, 2.24) is 4.90 Å². The van der Waals surface area contributed by atoms with Crippen molar-refractivity contribution in [2.24, 2.45) is 28.8 Å². The van der Waals surface area contributed by atoms with Crippen LogP contribution in [0.4, 0.5) is 0 Å². The van der Waals surface area contributed by atoms with E-state index in [1.54, 1.807) is 13.2 Å². The molecule has 0 spiro atoms. The van der Waals surface area contributed by atoms with Gasteiger partial charge in [0.25, 0.3) is 0 Å². The number of ether oxygens (including phenoxy) is 3. The van der Waals surface area contributed by atoms with Gasteiger partial charge >= 0.3 is 0 Å².